The summed E-state index contributed by atoms with van der Waals surface area (Å²) in [7, 11) is 0. The maximum absolute atomic E-state index is 11.9. The number of aliphatic hydroxyl groups is 1. The molecule has 0 aliphatic rings. The first kappa shape index (κ1) is 26.3. The van der Waals surface area contributed by atoms with Crippen LogP contribution < -0.4 is 4.74 Å². The van der Waals surface area contributed by atoms with E-state index in [1.54, 1.807) is 0 Å². The van der Waals surface area contributed by atoms with Crippen LogP contribution in [0.4, 0.5) is 0 Å². The first-order chi connectivity index (χ1) is 16.4. The fraction of sp³-hybridized carbons (Fsp3) is 0.400. The summed E-state index contributed by atoms with van der Waals surface area (Å²) in [6.45, 7) is 10.1. The second kappa shape index (κ2) is 12.9. The van der Waals surface area contributed by atoms with E-state index >= 15 is 0 Å². The molecule has 0 saturated heterocycles. The molecule has 0 aromatic heterocycles. The molecule has 3 rings (SSSR count). The van der Waals surface area contributed by atoms with Gasteiger partial charge < -0.3 is 14.7 Å². The van der Waals surface area contributed by atoms with E-state index in [-0.39, 0.29) is 0 Å². The van der Waals surface area contributed by atoms with Crippen LogP contribution in [0.25, 0.3) is 0 Å². The van der Waals surface area contributed by atoms with E-state index in [9.17, 15) is 5.11 Å². The highest BCUT2D eigenvalue weighted by Gasteiger charge is 2.29. The number of nitrogens with zero attached hydrogens (tertiary/aromatic N) is 1. The molecule has 1 N–H and O–H groups in total. The fourth-order valence-corrected chi connectivity index (χ4v) is 4.43. The van der Waals surface area contributed by atoms with Crippen molar-refractivity contribution in [1.29, 1.82) is 0 Å². The van der Waals surface area contributed by atoms with Gasteiger partial charge >= 0.3 is 0 Å². The average molecular weight is 480 g/mol. The standard InChI is InChI=1S/C30H38ClNO2/c1-4-32(5-2)21-22-34-29-18-14-27(15-19-29)30(33,23-26-12-16-28(31)17-13-26)20-6-7-25-10-8-24(3)9-11-25/h8-19,33H,4-7,20-23H2,1-3H3. The van der Waals surface area contributed by atoms with Crippen LogP contribution >= 0.6 is 11.6 Å². The largest absolute Gasteiger partial charge is 0.492 e. The summed E-state index contributed by atoms with van der Waals surface area (Å²) in [6, 6.07) is 24.4. The van der Waals surface area contributed by atoms with Crippen molar-refractivity contribution in [3.05, 3.63) is 100 Å². The zero-order valence-corrected chi connectivity index (χ0v) is 21.5. The Morgan fingerprint density at radius 1 is 0.853 bits per heavy atom. The number of aryl methyl sites for hydroxylation is 2. The molecule has 0 saturated carbocycles. The number of likely N-dealkylation sites (N-methyl/N-ethyl adjacent to an activating group) is 1. The minimum atomic E-state index is -0.960. The van der Waals surface area contributed by atoms with Crippen LogP contribution in [0.15, 0.2) is 72.8 Å². The first-order valence-electron chi connectivity index (χ1n) is 12.4. The van der Waals surface area contributed by atoms with Crippen molar-refractivity contribution in [2.24, 2.45) is 0 Å². The Morgan fingerprint density at radius 3 is 2.09 bits per heavy atom. The van der Waals surface area contributed by atoms with Crippen molar-refractivity contribution in [1.82, 2.24) is 4.90 Å². The molecule has 3 aromatic carbocycles. The third kappa shape index (κ3) is 7.87. The number of benzene rings is 3. The van der Waals surface area contributed by atoms with E-state index in [0.717, 1.165) is 49.4 Å². The Bertz CT molecular complexity index is 982. The van der Waals surface area contributed by atoms with Crippen LogP contribution in [0.5, 0.6) is 5.75 Å². The van der Waals surface area contributed by atoms with Crippen molar-refractivity contribution in [3.63, 3.8) is 0 Å². The molecule has 1 atom stereocenters. The second-order valence-corrected chi connectivity index (χ2v) is 9.51. The molecule has 0 heterocycles. The molecule has 3 aromatic rings. The van der Waals surface area contributed by atoms with Crippen LogP contribution in [-0.2, 0) is 18.4 Å². The number of ether oxygens (including phenoxy) is 1. The molecule has 4 heteroatoms. The summed E-state index contributed by atoms with van der Waals surface area (Å²) in [5.74, 6) is 0.837. The van der Waals surface area contributed by atoms with Gasteiger partial charge in [-0.15, -0.1) is 0 Å². The van der Waals surface area contributed by atoms with Crippen molar-refractivity contribution in [2.75, 3.05) is 26.2 Å². The summed E-state index contributed by atoms with van der Waals surface area (Å²) >= 11 is 6.08. The normalized spacial score (nSPS) is 13.1. The molecule has 0 bridgehead atoms. The predicted molar refractivity (Wildman–Crippen MR) is 143 cm³/mol. The van der Waals surface area contributed by atoms with Crippen LogP contribution in [0.1, 0.15) is 48.9 Å². The lowest BCUT2D eigenvalue weighted by atomic mass is 9.82. The van der Waals surface area contributed by atoms with Crippen molar-refractivity contribution >= 4 is 11.6 Å². The van der Waals surface area contributed by atoms with Gasteiger partial charge in [0.1, 0.15) is 12.4 Å². The maximum atomic E-state index is 11.9. The van der Waals surface area contributed by atoms with Gasteiger partial charge in [0.25, 0.3) is 0 Å². The number of rotatable bonds is 13. The van der Waals surface area contributed by atoms with E-state index < -0.39 is 5.60 Å². The molecule has 0 spiro atoms. The molecule has 0 amide bonds. The fourth-order valence-electron chi connectivity index (χ4n) is 4.31. The smallest absolute Gasteiger partial charge is 0.119 e. The van der Waals surface area contributed by atoms with Gasteiger partial charge in [-0.2, -0.15) is 0 Å². The number of hydrogen-bond acceptors (Lipinski definition) is 3. The quantitative estimate of drug-likeness (QED) is 0.292. The second-order valence-electron chi connectivity index (χ2n) is 9.07. The highest BCUT2D eigenvalue weighted by molar-refractivity contribution is 6.30. The Balaban J connectivity index is 1.70. The predicted octanol–water partition coefficient (Wildman–Crippen LogP) is 6.82. The SMILES string of the molecule is CCN(CC)CCOc1ccc(C(O)(CCCc2ccc(C)cc2)Cc2ccc(Cl)cc2)cc1. The molecule has 1 unspecified atom stereocenters. The van der Waals surface area contributed by atoms with Crippen molar-refractivity contribution < 1.29 is 9.84 Å². The summed E-state index contributed by atoms with van der Waals surface area (Å²) < 4.78 is 5.95. The molecule has 3 nitrogen and oxygen atoms in total. The van der Waals surface area contributed by atoms with Crippen molar-refractivity contribution in [2.45, 2.75) is 52.1 Å². The van der Waals surface area contributed by atoms with Gasteiger partial charge in [-0.05, 0) is 80.2 Å². The highest BCUT2D eigenvalue weighted by Crippen LogP contribution is 2.33. The van der Waals surface area contributed by atoms with Gasteiger partial charge in [0.2, 0.25) is 0 Å². The lowest BCUT2D eigenvalue weighted by Gasteiger charge is -2.29. The highest BCUT2D eigenvalue weighted by atomic mass is 35.5. The van der Waals surface area contributed by atoms with E-state index in [2.05, 4.69) is 49.9 Å². The maximum Gasteiger partial charge on any atom is 0.119 e. The van der Waals surface area contributed by atoms with E-state index in [0.29, 0.717) is 24.5 Å². The molecule has 0 radical (unpaired) electrons. The first-order valence-corrected chi connectivity index (χ1v) is 12.8. The molecule has 34 heavy (non-hydrogen) atoms. The lowest BCUT2D eigenvalue weighted by molar-refractivity contribution is 0.0256. The van der Waals surface area contributed by atoms with E-state index in [1.807, 2.05) is 48.5 Å². The molecule has 0 aliphatic carbocycles. The summed E-state index contributed by atoms with van der Waals surface area (Å²) in [5, 5.41) is 12.6. The molecule has 182 valence electrons. The topological polar surface area (TPSA) is 32.7 Å². The average Bonchev–Trinajstić information content (AvgIpc) is 2.85. The third-order valence-corrected chi connectivity index (χ3v) is 6.80. The number of halogens is 1. The summed E-state index contributed by atoms with van der Waals surface area (Å²) in [5.41, 5.74) is 3.60. The van der Waals surface area contributed by atoms with Gasteiger partial charge in [0.15, 0.2) is 0 Å². The Hall–Kier alpha value is -2.33. The minimum Gasteiger partial charge on any atom is -0.492 e. The Labute approximate surface area is 210 Å². The molecular weight excluding hydrogens is 442 g/mol. The zero-order chi connectivity index (χ0) is 24.4. The van der Waals surface area contributed by atoms with Crippen LogP contribution in [-0.4, -0.2) is 36.2 Å². The van der Waals surface area contributed by atoms with Crippen LogP contribution in [0, 0.1) is 6.92 Å². The monoisotopic (exact) mass is 479 g/mol. The zero-order valence-electron chi connectivity index (χ0n) is 20.8. The Morgan fingerprint density at radius 2 is 1.47 bits per heavy atom. The van der Waals surface area contributed by atoms with Crippen LogP contribution in [0.3, 0.4) is 0 Å². The van der Waals surface area contributed by atoms with Crippen LogP contribution in [0.2, 0.25) is 5.02 Å². The summed E-state index contributed by atoms with van der Waals surface area (Å²) in [4.78, 5) is 2.34. The van der Waals surface area contributed by atoms with Gasteiger partial charge in [-0.1, -0.05) is 79.5 Å². The number of hydrogen-bond donors (Lipinski definition) is 1. The van der Waals surface area contributed by atoms with Gasteiger partial charge in [0, 0.05) is 18.0 Å². The van der Waals surface area contributed by atoms with Gasteiger partial charge in [-0.25, -0.2) is 0 Å². The molecule has 0 aliphatic heterocycles. The Kier molecular flexibility index (Phi) is 10.0. The lowest BCUT2D eigenvalue weighted by Crippen LogP contribution is -2.29. The molecule has 0 fully saturated rings. The summed E-state index contributed by atoms with van der Waals surface area (Å²) in [6.07, 6.45) is 3.05. The van der Waals surface area contributed by atoms with Crippen molar-refractivity contribution in [3.8, 4) is 5.75 Å². The van der Waals surface area contributed by atoms with E-state index in [1.165, 1.54) is 11.1 Å². The van der Waals surface area contributed by atoms with Gasteiger partial charge in [0.05, 0.1) is 5.60 Å². The molecular formula is C30H38ClNO2. The third-order valence-electron chi connectivity index (χ3n) is 6.55. The van der Waals surface area contributed by atoms with Gasteiger partial charge in [-0.3, -0.25) is 0 Å². The minimum absolute atomic E-state index is 0.542. The van der Waals surface area contributed by atoms with E-state index in [4.69, 9.17) is 16.3 Å².